The van der Waals surface area contributed by atoms with Gasteiger partial charge in [0.25, 0.3) is 5.91 Å². The molecule has 1 aliphatic heterocycles. The third-order valence-corrected chi connectivity index (χ3v) is 3.79. The van der Waals surface area contributed by atoms with E-state index < -0.39 is 0 Å². The Kier molecular flexibility index (Phi) is 4.43. The lowest BCUT2D eigenvalue weighted by Gasteiger charge is -2.23. The molecule has 0 radical (unpaired) electrons. The van der Waals surface area contributed by atoms with Gasteiger partial charge in [0.05, 0.1) is 0 Å². The largest absolute Gasteiger partial charge is 0.352 e. The van der Waals surface area contributed by atoms with Gasteiger partial charge in [-0.05, 0) is 18.6 Å². The third-order valence-electron chi connectivity index (χ3n) is 3.79. The van der Waals surface area contributed by atoms with Crippen molar-refractivity contribution in [3.05, 3.63) is 48.2 Å². The van der Waals surface area contributed by atoms with Crippen molar-refractivity contribution in [1.29, 1.82) is 5.26 Å². The Morgan fingerprint density at radius 1 is 1.04 bits per heavy atom. The predicted molar refractivity (Wildman–Crippen MR) is 83.7 cm³/mol. The Morgan fingerprint density at radius 3 is 2.61 bits per heavy atom. The van der Waals surface area contributed by atoms with Gasteiger partial charge < -0.3 is 9.80 Å². The predicted octanol–water partition coefficient (Wildman–Crippen LogP) is 1.10. The molecule has 0 atom stereocenters. The molecule has 0 saturated carbocycles. The average molecular weight is 308 g/mol. The van der Waals surface area contributed by atoms with Gasteiger partial charge in [0.2, 0.25) is 0 Å². The Hall–Kier alpha value is -3.01. The van der Waals surface area contributed by atoms with Crippen LogP contribution in [0.5, 0.6) is 0 Å². The maximum absolute atomic E-state index is 12.5. The van der Waals surface area contributed by atoms with Gasteiger partial charge in [0.15, 0.2) is 11.5 Å². The minimum absolute atomic E-state index is 0.00824. The summed E-state index contributed by atoms with van der Waals surface area (Å²) in [6.07, 6.45) is 7.16. The second-order valence-corrected chi connectivity index (χ2v) is 5.21. The molecule has 0 aliphatic carbocycles. The number of anilines is 1. The number of pyridine rings is 1. The Morgan fingerprint density at radius 2 is 1.83 bits per heavy atom. The number of nitriles is 1. The standard InChI is InChI=1S/C16H16N6O/c17-12-14-15(20-7-6-19-14)21-8-1-9-22(11-10-21)16(23)13-2-4-18-5-3-13/h2-7H,1,8-11H2. The number of rotatable bonds is 2. The van der Waals surface area contributed by atoms with E-state index in [9.17, 15) is 4.79 Å². The summed E-state index contributed by atoms with van der Waals surface area (Å²) in [6, 6.07) is 5.52. The number of amides is 1. The number of carbonyl (C=O) groups is 1. The minimum atomic E-state index is 0.00824. The smallest absolute Gasteiger partial charge is 0.254 e. The quantitative estimate of drug-likeness (QED) is 0.825. The van der Waals surface area contributed by atoms with Crippen LogP contribution in [0.15, 0.2) is 36.9 Å². The zero-order valence-electron chi connectivity index (χ0n) is 12.6. The highest BCUT2D eigenvalue weighted by Crippen LogP contribution is 2.17. The van der Waals surface area contributed by atoms with Crippen molar-refractivity contribution in [3.63, 3.8) is 0 Å². The van der Waals surface area contributed by atoms with E-state index in [1.807, 2.05) is 9.80 Å². The van der Waals surface area contributed by atoms with Crippen LogP contribution in [0.25, 0.3) is 0 Å². The maximum Gasteiger partial charge on any atom is 0.254 e. The highest BCUT2D eigenvalue weighted by Gasteiger charge is 2.22. The van der Waals surface area contributed by atoms with E-state index in [-0.39, 0.29) is 5.91 Å². The number of carbonyl (C=O) groups excluding carboxylic acids is 1. The van der Waals surface area contributed by atoms with Crippen LogP contribution in [0, 0.1) is 11.3 Å². The zero-order valence-corrected chi connectivity index (χ0v) is 12.6. The molecule has 1 amide bonds. The van der Waals surface area contributed by atoms with Crippen molar-refractivity contribution in [2.75, 3.05) is 31.1 Å². The summed E-state index contributed by atoms with van der Waals surface area (Å²) < 4.78 is 0. The molecule has 2 aromatic heterocycles. The second kappa shape index (κ2) is 6.83. The monoisotopic (exact) mass is 308 g/mol. The second-order valence-electron chi connectivity index (χ2n) is 5.21. The first-order valence-electron chi connectivity index (χ1n) is 7.45. The molecule has 0 spiro atoms. The first-order valence-corrected chi connectivity index (χ1v) is 7.45. The normalized spacial score (nSPS) is 14.9. The van der Waals surface area contributed by atoms with E-state index in [1.165, 1.54) is 6.20 Å². The fourth-order valence-electron chi connectivity index (χ4n) is 2.65. The van der Waals surface area contributed by atoms with E-state index >= 15 is 0 Å². The first-order chi connectivity index (χ1) is 11.3. The number of hydrogen-bond donors (Lipinski definition) is 0. The molecule has 0 unspecified atom stereocenters. The summed E-state index contributed by atoms with van der Waals surface area (Å²) >= 11 is 0. The van der Waals surface area contributed by atoms with Gasteiger partial charge in [-0.2, -0.15) is 5.26 Å². The molecule has 7 heteroatoms. The number of hydrogen-bond acceptors (Lipinski definition) is 6. The molecule has 0 N–H and O–H groups in total. The fourth-order valence-corrected chi connectivity index (χ4v) is 2.65. The van der Waals surface area contributed by atoms with Crippen LogP contribution in [0.1, 0.15) is 22.5 Å². The van der Waals surface area contributed by atoms with Gasteiger partial charge in [-0.1, -0.05) is 0 Å². The van der Waals surface area contributed by atoms with Gasteiger partial charge in [0, 0.05) is 56.5 Å². The van der Waals surface area contributed by atoms with Crippen molar-refractivity contribution in [2.24, 2.45) is 0 Å². The fraction of sp³-hybridized carbons (Fsp3) is 0.312. The van der Waals surface area contributed by atoms with Gasteiger partial charge >= 0.3 is 0 Å². The summed E-state index contributed by atoms with van der Waals surface area (Å²) in [6.45, 7) is 2.64. The van der Waals surface area contributed by atoms with Crippen LogP contribution in [0.4, 0.5) is 5.82 Å². The molecule has 116 valence electrons. The first kappa shape index (κ1) is 14.9. The van der Waals surface area contributed by atoms with Crippen molar-refractivity contribution in [2.45, 2.75) is 6.42 Å². The lowest BCUT2D eigenvalue weighted by molar-refractivity contribution is 0.0767. The molecule has 3 rings (SSSR count). The Balaban J connectivity index is 1.73. The van der Waals surface area contributed by atoms with E-state index in [0.717, 1.165) is 13.0 Å². The highest BCUT2D eigenvalue weighted by molar-refractivity contribution is 5.94. The van der Waals surface area contributed by atoms with Crippen LogP contribution >= 0.6 is 0 Å². The molecular weight excluding hydrogens is 292 g/mol. The van der Waals surface area contributed by atoms with E-state index in [4.69, 9.17) is 5.26 Å². The van der Waals surface area contributed by atoms with Crippen molar-refractivity contribution in [3.8, 4) is 6.07 Å². The highest BCUT2D eigenvalue weighted by atomic mass is 16.2. The molecule has 0 aromatic carbocycles. The van der Waals surface area contributed by atoms with E-state index in [0.29, 0.717) is 36.7 Å². The van der Waals surface area contributed by atoms with Gasteiger partial charge in [0.1, 0.15) is 6.07 Å². The SMILES string of the molecule is N#Cc1nccnc1N1CCCN(C(=O)c2ccncc2)CC1. The van der Waals surface area contributed by atoms with Crippen LogP contribution in [0.3, 0.4) is 0 Å². The number of nitrogens with zero attached hydrogens (tertiary/aromatic N) is 6. The van der Waals surface area contributed by atoms with Gasteiger partial charge in [-0.25, -0.2) is 9.97 Å². The zero-order chi connectivity index (χ0) is 16.1. The van der Waals surface area contributed by atoms with Crippen LogP contribution < -0.4 is 4.90 Å². The summed E-state index contributed by atoms with van der Waals surface area (Å²) in [5.74, 6) is 0.599. The molecule has 23 heavy (non-hydrogen) atoms. The van der Waals surface area contributed by atoms with Crippen LogP contribution in [-0.4, -0.2) is 51.9 Å². The maximum atomic E-state index is 12.5. The molecule has 1 aliphatic rings. The van der Waals surface area contributed by atoms with Crippen LogP contribution in [0.2, 0.25) is 0 Å². The Bertz CT molecular complexity index is 727. The molecule has 0 bridgehead atoms. The van der Waals surface area contributed by atoms with Gasteiger partial charge in [-0.3, -0.25) is 9.78 Å². The molecule has 7 nitrogen and oxygen atoms in total. The Labute approximate surface area is 134 Å². The molecule has 3 heterocycles. The van der Waals surface area contributed by atoms with Crippen molar-refractivity contribution in [1.82, 2.24) is 19.9 Å². The third kappa shape index (κ3) is 3.26. The molecular formula is C16H16N6O. The minimum Gasteiger partial charge on any atom is -0.352 e. The van der Waals surface area contributed by atoms with E-state index in [1.54, 1.807) is 30.7 Å². The number of aromatic nitrogens is 3. The molecule has 1 fully saturated rings. The molecule has 1 saturated heterocycles. The summed E-state index contributed by atoms with van der Waals surface area (Å²) in [5.41, 5.74) is 0.965. The molecule has 2 aromatic rings. The lowest BCUT2D eigenvalue weighted by atomic mass is 10.2. The summed E-state index contributed by atoms with van der Waals surface area (Å²) in [7, 11) is 0. The average Bonchev–Trinajstić information content (AvgIpc) is 2.88. The van der Waals surface area contributed by atoms with E-state index in [2.05, 4.69) is 21.0 Å². The topological polar surface area (TPSA) is 86.0 Å². The van der Waals surface area contributed by atoms with Gasteiger partial charge in [-0.15, -0.1) is 0 Å². The van der Waals surface area contributed by atoms with Crippen molar-refractivity contribution < 1.29 is 4.79 Å². The lowest BCUT2D eigenvalue weighted by Crippen LogP contribution is -2.35. The summed E-state index contributed by atoms with van der Waals surface area (Å²) in [5, 5.41) is 9.16. The van der Waals surface area contributed by atoms with Crippen molar-refractivity contribution >= 4 is 11.7 Å². The summed E-state index contributed by atoms with van der Waals surface area (Å²) in [4.78, 5) is 28.6. The van der Waals surface area contributed by atoms with Crippen LogP contribution in [-0.2, 0) is 0 Å².